The van der Waals surface area contributed by atoms with E-state index in [0.29, 0.717) is 13.1 Å². The molecule has 1 amide bonds. The van der Waals surface area contributed by atoms with E-state index < -0.39 is 11.0 Å². The molecule has 0 atom stereocenters. The summed E-state index contributed by atoms with van der Waals surface area (Å²) in [6.45, 7) is 2.92. The van der Waals surface area contributed by atoms with Crippen LogP contribution in [-0.2, 0) is 17.9 Å². The minimum atomic E-state index is -0.449. The second-order valence-electron chi connectivity index (χ2n) is 4.98. The van der Waals surface area contributed by atoms with Gasteiger partial charge in [-0.25, -0.2) is 4.79 Å². The van der Waals surface area contributed by atoms with E-state index in [1.165, 1.54) is 12.1 Å². The van der Waals surface area contributed by atoms with Crippen LogP contribution < -0.4 is 0 Å². The summed E-state index contributed by atoms with van der Waals surface area (Å²) < 4.78 is 5.29. The van der Waals surface area contributed by atoms with Crippen molar-refractivity contribution in [3.8, 4) is 0 Å². The molecule has 0 unspecified atom stereocenters. The Hall–Kier alpha value is -2.89. The summed E-state index contributed by atoms with van der Waals surface area (Å²) in [4.78, 5) is 23.9. The number of non-ortho nitro benzene ring substituents is 1. The average molecular weight is 314 g/mol. The summed E-state index contributed by atoms with van der Waals surface area (Å²) >= 11 is 0. The van der Waals surface area contributed by atoms with Crippen LogP contribution in [0.2, 0.25) is 0 Å². The minimum Gasteiger partial charge on any atom is -0.445 e. The summed E-state index contributed by atoms with van der Waals surface area (Å²) in [7, 11) is 0. The van der Waals surface area contributed by atoms with E-state index >= 15 is 0 Å². The number of carbonyl (C=O) groups excluding carboxylic acids is 1. The van der Waals surface area contributed by atoms with Gasteiger partial charge in [0.1, 0.15) is 6.61 Å². The lowest BCUT2D eigenvalue weighted by Gasteiger charge is -2.20. The van der Waals surface area contributed by atoms with E-state index in [2.05, 4.69) is 0 Å². The third-order valence-electron chi connectivity index (χ3n) is 3.37. The normalized spacial score (nSPS) is 10.1. The molecule has 6 nitrogen and oxygen atoms in total. The number of carbonyl (C=O) groups is 1. The summed E-state index contributed by atoms with van der Waals surface area (Å²) in [5.74, 6) is 0. The molecule has 120 valence electrons. The molecule has 0 N–H and O–H groups in total. The van der Waals surface area contributed by atoms with Crippen LogP contribution >= 0.6 is 0 Å². The number of hydrogen-bond acceptors (Lipinski definition) is 4. The molecule has 0 radical (unpaired) electrons. The van der Waals surface area contributed by atoms with Crippen molar-refractivity contribution in [1.29, 1.82) is 0 Å². The van der Waals surface area contributed by atoms with Crippen LogP contribution in [0.4, 0.5) is 10.5 Å². The molecule has 0 saturated carbocycles. The van der Waals surface area contributed by atoms with E-state index in [0.717, 1.165) is 11.1 Å². The Morgan fingerprint density at radius 1 is 1.09 bits per heavy atom. The molecular weight excluding hydrogens is 296 g/mol. The van der Waals surface area contributed by atoms with Crippen LogP contribution in [0.5, 0.6) is 0 Å². The van der Waals surface area contributed by atoms with Gasteiger partial charge < -0.3 is 9.64 Å². The molecule has 2 aromatic carbocycles. The molecule has 2 aromatic rings. The number of nitro groups is 1. The van der Waals surface area contributed by atoms with E-state index in [9.17, 15) is 14.9 Å². The summed E-state index contributed by atoms with van der Waals surface area (Å²) in [6, 6.07) is 15.6. The maximum Gasteiger partial charge on any atom is 0.410 e. The molecule has 6 heteroatoms. The molecule has 0 aliphatic heterocycles. The van der Waals surface area contributed by atoms with E-state index in [4.69, 9.17) is 4.74 Å². The van der Waals surface area contributed by atoms with Crippen molar-refractivity contribution in [2.75, 3.05) is 6.54 Å². The lowest BCUT2D eigenvalue weighted by Crippen LogP contribution is -2.30. The highest BCUT2D eigenvalue weighted by atomic mass is 16.6. The summed E-state index contributed by atoms with van der Waals surface area (Å²) in [5.41, 5.74) is 1.77. The van der Waals surface area contributed by atoms with Crippen LogP contribution in [0.3, 0.4) is 0 Å². The molecule has 0 saturated heterocycles. The second-order valence-corrected chi connectivity index (χ2v) is 4.98. The summed E-state index contributed by atoms with van der Waals surface area (Å²) in [5, 5.41) is 10.6. The van der Waals surface area contributed by atoms with Gasteiger partial charge in [0.25, 0.3) is 5.69 Å². The van der Waals surface area contributed by atoms with E-state index in [-0.39, 0.29) is 12.3 Å². The molecule has 23 heavy (non-hydrogen) atoms. The second kappa shape index (κ2) is 7.93. The lowest BCUT2D eigenvalue weighted by molar-refractivity contribution is -0.384. The zero-order chi connectivity index (χ0) is 16.7. The van der Waals surface area contributed by atoms with Gasteiger partial charge in [-0.2, -0.15) is 0 Å². The van der Waals surface area contributed by atoms with Crippen molar-refractivity contribution in [2.45, 2.75) is 20.1 Å². The van der Waals surface area contributed by atoms with Gasteiger partial charge in [-0.3, -0.25) is 10.1 Å². The molecule has 0 aliphatic rings. The predicted molar refractivity (Wildman–Crippen MR) is 85.8 cm³/mol. The van der Waals surface area contributed by atoms with Crippen molar-refractivity contribution in [3.05, 3.63) is 75.8 Å². The third-order valence-corrected chi connectivity index (χ3v) is 3.37. The first-order chi connectivity index (χ1) is 11.1. The Morgan fingerprint density at radius 3 is 2.30 bits per heavy atom. The maximum atomic E-state index is 12.1. The topological polar surface area (TPSA) is 72.7 Å². The Labute approximate surface area is 134 Å². The largest absolute Gasteiger partial charge is 0.445 e. The Balaban J connectivity index is 1.93. The van der Waals surface area contributed by atoms with Gasteiger partial charge in [0.15, 0.2) is 0 Å². The van der Waals surface area contributed by atoms with Crippen molar-refractivity contribution < 1.29 is 14.5 Å². The first-order valence-electron chi connectivity index (χ1n) is 7.29. The smallest absolute Gasteiger partial charge is 0.410 e. The number of rotatable bonds is 6. The fourth-order valence-corrected chi connectivity index (χ4v) is 2.06. The number of nitro benzene ring substituents is 1. The first kappa shape index (κ1) is 16.5. The molecule has 0 aromatic heterocycles. The lowest BCUT2D eigenvalue weighted by atomic mass is 10.2. The summed E-state index contributed by atoms with van der Waals surface area (Å²) in [6.07, 6.45) is -0.408. The van der Waals surface area contributed by atoms with E-state index in [1.54, 1.807) is 17.0 Å². The average Bonchev–Trinajstić information content (AvgIpc) is 2.59. The molecule has 0 heterocycles. The molecule has 0 fully saturated rings. The minimum absolute atomic E-state index is 0.0310. The number of benzene rings is 2. The molecule has 2 rings (SSSR count). The molecule has 0 spiro atoms. The number of amides is 1. The fraction of sp³-hybridized carbons (Fsp3) is 0.235. The van der Waals surface area contributed by atoms with Crippen molar-refractivity contribution >= 4 is 11.8 Å². The monoisotopic (exact) mass is 314 g/mol. The van der Waals surface area contributed by atoms with Crippen LogP contribution in [0.15, 0.2) is 54.6 Å². The van der Waals surface area contributed by atoms with Gasteiger partial charge in [-0.15, -0.1) is 0 Å². The van der Waals surface area contributed by atoms with Crippen LogP contribution in [-0.4, -0.2) is 22.5 Å². The third kappa shape index (κ3) is 4.81. The van der Waals surface area contributed by atoms with Gasteiger partial charge >= 0.3 is 6.09 Å². The Kier molecular flexibility index (Phi) is 5.68. The highest BCUT2D eigenvalue weighted by Gasteiger charge is 2.14. The number of nitrogens with zero attached hydrogens (tertiary/aromatic N) is 2. The highest BCUT2D eigenvalue weighted by Crippen LogP contribution is 2.14. The van der Waals surface area contributed by atoms with Gasteiger partial charge in [-0.05, 0) is 18.1 Å². The van der Waals surface area contributed by atoms with Gasteiger partial charge in [-0.1, -0.05) is 42.5 Å². The van der Waals surface area contributed by atoms with Gasteiger partial charge in [0.05, 0.1) is 4.92 Å². The van der Waals surface area contributed by atoms with Crippen molar-refractivity contribution in [2.24, 2.45) is 0 Å². The maximum absolute atomic E-state index is 12.1. The van der Waals surface area contributed by atoms with Gasteiger partial charge in [0, 0.05) is 25.2 Å². The standard InChI is InChI=1S/C17H18N2O4/c1-2-18(12-14-8-10-16(11-9-14)19(21)22)17(20)23-13-15-6-4-3-5-7-15/h3-11H,2,12-13H2,1H3. The Morgan fingerprint density at radius 2 is 1.74 bits per heavy atom. The van der Waals surface area contributed by atoms with E-state index in [1.807, 2.05) is 37.3 Å². The molecule has 0 bridgehead atoms. The van der Waals surface area contributed by atoms with Crippen LogP contribution in [0, 0.1) is 10.1 Å². The van der Waals surface area contributed by atoms with Crippen LogP contribution in [0.1, 0.15) is 18.1 Å². The Bertz CT molecular complexity index is 656. The quantitative estimate of drug-likeness (QED) is 0.601. The number of ether oxygens (including phenoxy) is 1. The molecule has 0 aliphatic carbocycles. The zero-order valence-electron chi connectivity index (χ0n) is 12.8. The molecular formula is C17H18N2O4. The fourth-order valence-electron chi connectivity index (χ4n) is 2.06. The first-order valence-corrected chi connectivity index (χ1v) is 7.29. The van der Waals surface area contributed by atoms with Gasteiger partial charge in [0.2, 0.25) is 0 Å². The SMILES string of the molecule is CCN(Cc1ccc([N+](=O)[O-])cc1)C(=O)OCc1ccccc1. The van der Waals surface area contributed by atoms with Crippen molar-refractivity contribution in [3.63, 3.8) is 0 Å². The zero-order valence-corrected chi connectivity index (χ0v) is 12.8. The van der Waals surface area contributed by atoms with Crippen molar-refractivity contribution in [1.82, 2.24) is 4.90 Å². The number of hydrogen-bond donors (Lipinski definition) is 0. The predicted octanol–water partition coefficient (Wildman–Crippen LogP) is 3.75. The highest BCUT2D eigenvalue weighted by molar-refractivity contribution is 5.67. The van der Waals surface area contributed by atoms with Crippen LogP contribution in [0.25, 0.3) is 0 Å².